The van der Waals surface area contributed by atoms with Gasteiger partial charge in [0.15, 0.2) is 0 Å². The molecule has 22 heavy (non-hydrogen) atoms. The molecule has 1 aromatic heterocycles. The van der Waals surface area contributed by atoms with Gasteiger partial charge in [0.25, 0.3) is 0 Å². The maximum atomic E-state index is 11.3. The zero-order valence-electron chi connectivity index (χ0n) is 12.7. The highest BCUT2D eigenvalue weighted by molar-refractivity contribution is 7.89. The van der Waals surface area contributed by atoms with Crippen LogP contribution in [-0.4, -0.2) is 13.4 Å². The number of sulfonamides is 1. The van der Waals surface area contributed by atoms with Crippen molar-refractivity contribution >= 4 is 10.0 Å². The van der Waals surface area contributed by atoms with Crippen LogP contribution in [0.2, 0.25) is 0 Å². The summed E-state index contributed by atoms with van der Waals surface area (Å²) in [5, 5.41) is 5.12. The molecule has 0 bridgehead atoms. The van der Waals surface area contributed by atoms with Gasteiger partial charge in [-0.15, -0.1) is 0 Å². The molecule has 0 radical (unpaired) electrons. The quantitative estimate of drug-likeness (QED) is 0.942. The molecule has 0 aliphatic heterocycles. The molecule has 1 heterocycles. The van der Waals surface area contributed by atoms with Crippen molar-refractivity contribution in [1.29, 1.82) is 0 Å². The smallest absolute Gasteiger partial charge is 0.238 e. The van der Waals surface area contributed by atoms with Crippen LogP contribution >= 0.6 is 0 Å². The maximum Gasteiger partial charge on any atom is 0.238 e. The Morgan fingerprint density at radius 3 is 2.14 bits per heavy atom. The summed E-state index contributed by atoms with van der Waals surface area (Å²) in [5.41, 5.74) is 3.52. The molecule has 1 aliphatic rings. The van der Waals surface area contributed by atoms with Crippen molar-refractivity contribution in [1.82, 2.24) is 4.98 Å². The van der Waals surface area contributed by atoms with Crippen LogP contribution in [0.1, 0.15) is 54.8 Å². The van der Waals surface area contributed by atoms with Crippen LogP contribution in [0.3, 0.4) is 0 Å². The molecule has 4 nitrogen and oxygen atoms in total. The summed E-state index contributed by atoms with van der Waals surface area (Å²) in [6.07, 6.45) is 3.05. The monoisotopic (exact) mass is 316 g/mol. The predicted molar refractivity (Wildman–Crippen MR) is 86.2 cm³/mol. The molecule has 0 saturated heterocycles. The first kappa shape index (κ1) is 15.2. The summed E-state index contributed by atoms with van der Waals surface area (Å²) in [7, 11) is -3.61. The first-order valence-corrected chi connectivity index (χ1v) is 8.99. The van der Waals surface area contributed by atoms with E-state index in [2.05, 4.69) is 31.0 Å². The molecular weight excluding hydrogens is 296 g/mol. The van der Waals surface area contributed by atoms with Gasteiger partial charge < -0.3 is 0 Å². The van der Waals surface area contributed by atoms with Gasteiger partial charge in [-0.2, -0.15) is 0 Å². The van der Waals surface area contributed by atoms with Crippen molar-refractivity contribution in [3.8, 4) is 0 Å². The van der Waals surface area contributed by atoms with E-state index >= 15 is 0 Å². The zero-order chi connectivity index (χ0) is 15.9. The minimum atomic E-state index is -3.61. The fourth-order valence-corrected chi connectivity index (χ4v) is 3.33. The molecule has 116 valence electrons. The minimum Gasteiger partial charge on any atom is -0.261 e. The number of nitrogens with zero attached hydrogens (tertiary/aromatic N) is 1. The molecule has 1 saturated carbocycles. The van der Waals surface area contributed by atoms with Crippen molar-refractivity contribution < 1.29 is 8.42 Å². The number of rotatable bonds is 4. The van der Waals surface area contributed by atoms with Crippen LogP contribution in [0.15, 0.2) is 47.5 Å². The van der Waals surface area contributed by atoms with E-state index in [1.807, 2.05) is 18.3 Å². The number of pyridine rings is 1. The highest BCUT2D eigenvalue weighted by Crippen LogP contribution is 2.54. The van der Waals surface area contributed by atoms with Gasteiger partial charge in [0.2, 0.25) is 10.0 Å². The number of hydrogen-bond acceptors (Lipinski definition) is 3. The van der Waals surface area contributed by atoms with E-state index in [9.17, 15) is 8.42 Å². The molecule has 0 spiro atoms. The second-order valence-electron chi connectivity index (χ2n) is 6.23. The van der Waals surface area contributed by atoms with Gasteiger partial charge >= 0.3 is 0 Å². The van der Waals surface area contributed by atoms with Crippen LogP contribution in [0, 0.1) is 0 Å². The van der Waals surface area contributed by atoms with Crippen LogP contribution in [0.5, 0.6) is 0 Å². The van der Waals surface area contributed by atoms with Crippen molar-refractivity contribution in [2.75, 3.05) is 0 Å². The lowest BCUT2D eigenvalue weighted by molar-refractivity contribution is 0.598. The van der Waals surface area contributed by atoms with Gasteiger partial charge in [0.1, 0.15) is 0 Å². The lowest BCUT2D eigenvalue weighted by atomic mass is 10.0. The molecule has 3 rings (SSSR count). The number of primary sulfonamides is 1. The number of benzene rings is 1. The number of aromatic nitrogens is 1. The van der Waals surface area contributed by atoms with Crippen molar-refractivity contribution in [3.05, 3.63) is 59.4 Å². The molecular formula is C17H20N2O2S. The largest absolute Gasteiger partial charge is 0.261 e. The summed E-state index contributed by atoms with van der Waals surface area (Å²) < 4.78 is 22.5. The van der Waals surface area contributed by atoms with E-state index in [-0.39, 0.29) is 4.90 Å². The Labute approximate surface area is 131 Å². The Bertz CT molecular complexity index is 765. The highest BCUT2D eigenvalue weighted by Gasteiger charge is 2.39. The van der Waals surface area contributed by atoms with Crippen molar-refractivity contribution in [2.45, 2.75) is 42.9 Å². The normalized spacial score (nSPS) is 21.1. The Hall–Kier alpha value is -1.72. The van der Waals surface area contributed by atoms with Crippen molar-refractivity contribution in [2.24, 2.45) is 5.14 Å². The molecule has 1 fully saturated rings. The Balaban J connectivity index is 1.74. The lowest BCUT2D eigenvalue weighted by Crippen LogP contribution is -2.11. The summed E-state index contributed by atoms with van der Waals surface area (Å²) >= 11 is 0. The molecule has 1 aromatic carbocycles. The summed E-state index contributed by atoms with van der Waals surface area (Å²) in [5.74, 6) is 1.37. The molecule has 1 aliphatic carbocycles. The first-order valence-electron chi connectivity index (χ1n) is 7.45. The highest BCUT2D eigenvalue weighted by atomic mass is 32.2. The third kappa shape index (κ3) is 3.05. The molecule has 2 unspecified atom stereocenters. The molecule has 2 aromatic rings. The van der Waals surface area contributed by atoms with Crippen LogP contribution in [0.4, 0.5) is 0 Å². The Morgan fingerprint density at radius 1 is 1.05 bits per heavy atom. The van der Waals surface area contributed by atoms with Gasteiger partial charge in [-0.05, 0) is 53.5 Å². The Kier molecular flexibility index (Phi) is 3.78. The zero-order valence-corrected chi connectivity index (χ0v) is 13.5. The fourth-order valence-electron chi connectivity index (χ4n) is 2.81. The standard InChI is InChI=1S/C17H20N2O2S/c1-11(2)17-8-5-13(10-19-17)16-9-15(16)12-3-6-14(7-4-12)22(18,20)21/h3-8,10-11,15-16H,9H2,1-2H3,(H2,18,20,21). The second-order valence-corrected chi connectivity index (χ2v) is 7.80. The molecule has 2 atom stereocenters. The van der Waals surface area contributed by atoms with E-state index < -0.39 is 10.0 Å². The summed E-state index contributed by atoms with van der Waals surface area (Å²) in [6, 6.07) is 11.1. The van der Waals surface area contributed by atoms with Crippen LogP contribution < -0.4 is 5.14 Å². The van der Waals surface area contributed by atoms with Gasteiger partial charge in [0.05, 0.1) is 4.90 Å². The minimum absolute atomic E-state index is 0.163. The third-order valence-corrected chi connectivity index (χ3v) is 5.19. The third-order valence-electron chi connectivity index (χ3n) is 4.26. The fraction of sp³-hybridized carbons (Fsp3) is 0.353. The number of hydrogen-bond donors (Lipinski definition) is 1. The van der Waals surface area contributed by atoms with Gasteiger partial charge in [-0.3, -0.25) is 4.98 Å². The predicted octanol–water partition coefficient (Wildman–Crippen LogP) is 3.12. The van der Waals surface area contributed by atoms with Gasteiger partial charge in [-0.25, -0.2) is 13.6 Å². The Morgan fingerprint density at radius 2 is 1.64 bits per heavy atom. The van der Waals surface area contributed by atoms with E-state index in [0.717, 1.165) is 17.7 Å². The van der Waals surface area contributed by atoms with E-state index in [4.69, 9.17) is 5.14 Å². The van der Waals surface area contributed by atoms with Crippen molar-refractivity contribution in [3.63, 3.8) is 0 Å². The summed E-state index contributed by atoms with van der Waals surface area (Å²) in [6.45, 7) is 4.27. The average Bonchev–Trinajstić information content (AvgIpc) is 3.27. The van der Waals surface area contributed by atoms with Gasteiger partial charge in [-0.1, -0.05) is 32.0 Å². The molecule has 5 heteroatoms. The molecule has 2 N–H and O–H groups in total. The lowest BCUT2D eigenvalue weighted by Gasteiger charge is -2.06. The van der Waals surface area contributed by atoms with E-state index in [1.165, 1.54) is 5.56 Å². The first-order chi connectivity index (χ1) is 10.4. The topological polar surface area (TPSA) is 73.1 Å². The summed E-state index contributed by atoms with van der Waals surface area (Å²) in [4.78, 5) is 4.68. The average molecular weight is 316 g/mol. The second kappa shape index (κ2) is 5.48. The van der Waals surface area contributed by atoms with E-state index in [0.29, 0.717) is 17.8 Å². The van der Waals surface area contributed by atoms with Gasteiger partial charge in [0, 0.05) is 11.9 Å². The maximum absolute atomic E-state index is 11.3. The number of nitrogens with two attached hydrogens (primary N) is 1. The molecule has 0 amide bonds. The SMILES string of the molecule is CC(C)c1ccc(C2CC2c2ccc(S(N)(=O)=O)cc2)cn1. The van der Waals surface area contributed by atoms with Crippen LogP contribution in [-0.2, 0) is 10.0 Å². The van der Waals surface area contributed by atoms with E-state index in [1.54, 1.807) is 12.1 Å². The van der Waals surface area contributed by atoms with Crippen LogP contribution in [0.25, 0.3) is 0 Å².